The summed E-state index contributed by atoms with van der Waals surface area (Å²) in [5, 5.41) is 2.46. The highest BCUT2D eigenvalue weighted by molar-refractivity contribution is 6.01. The maximum absolute atomic E-state index is 4.48. The predicted octanol–water partition coefficient (Wildman–Crippen LogP) is 8.50. The van der Waals surface area contributed by atoms with Crippen molar-refractivity contribution in [1.82, 2.24) is 4.98 Å². The van der Waals surface area contributed by atoms with Crippen LogP contribution in [0.3, 0.4) is 0 Å². The lowest BCUT2D eigenvalue weighted by Crippen LogP contribution is -1.92. The summed E-state index contributed by atoms with van der Waals surface area (Å²) < 4.78 is 0. The summed E-state index contributed by atoms with van der Waals surface area (Å²) in [6.45, 7) is 12.3. The van der Waals surface area contributed by atoms with E-state index in [-0.39, 0.29) is 0 Å². The van der Waals surface area contributed by atoms with E-state index in [9.17, 15) is 0 Å². The first-order valence-corrected chi connectivity index (χ1v) is 11.1. The topological polar surface area (TPSA) is 25.2 Å². The van der Waals surface area contributed by atoms with Gasteiger partial charge in [0, 0.05) is 35.4 Å². The molecule has 0 fully saturated rings. The number of pyridine rings is 1. The van der Waals surface area contributed by atoms with E-state index in [0.29, 0.717) is 0 Å². The summed E-state index contributed by atoms with van der Waals surface area (Å²) in [6.07, 6.45) is 16.5. The van der Waals surface area contributed by atoms with E-state index in [1.165, 1.54) is 34.8 Å². The van der Waals surface area contributed by atoms with Gasteiger partial charge in [-0.2, -0.15) is 0 Å². The molecule has 0 spiro atoms. The van der Waals surface area contributed by atoms with E-state index in [0.717, 1.165) is 28.0 Å². The molecule has 0 saturated carbocycles. The van der Waals surface area contributed by atoms with Gasteiger partial charge in [0.05, 0.1) is 0 Å². The molecule has 0 unspecified atom stereocenters. The quantitative estimate of drug-likeness (QED) is 0.307. The van der Waals surface area contributed by atoms with Crippen molar-refractivity contribution in [2.75, 3.05) is 0 Å². The van der Waals surface area contributed by atoms with E-state index >= 15 is 0 Å². The Labute approximate surface area is 192 Å². The first-order chi connectivity index (χ1) is 15.5. The first-order valence-electron chi connectivity index (χ1n) is 11.1. The fraction of sp³-hybridized carbons (Fsp3) is 0.200. The maximum Gasteiger partial charge on any atom is 0.0446 e. The Morgan fingerprint density at radius 1 is 1.06 bits per heavy atom. The molecule has 0 bridgehead atoms. The molecule has 32 heavy (non-hydrogen) atoms. The van der Waals surface area contributed by atoms with Crippen molar-refractivity contribution < 1.29 is 0 Å². The molecular weight excluding hydrogens is 388 g/mol. The van der Waals surface area contributed by atoms with Gasteiger partial charge in [0.15, 0.2) is 0 Å². The fourth-order valence-electron chi connectivity index (χ4n) is 3.99. The summed E-state index contributed by atoms with van der Waals surface area (Å²) in [5.41, 5.74) is 8.09. The zero-order valence-corrected chi connectivity index (χ0v) is 19.6. The van der Waals surface area contributed by atoms with Crippen LogP contribution in [-0.2, 0) is 0 Å². The van der Waals surface area contributed by atoms with Gasteiger partial charge in [-0.3, -0.25) is 9.98 Å². The molecule has 0 saturated heterocycles. The number of nitrogens with zero attached hydrogens (tertiary/aromatic N) is 2. The van der Waals surface area contributed by atoms with Gasteiger partial charge in [0.2, 0.25) is 0 Å². The Hall–Kier alpha value is -3.52. The van der Waals surface area contributed by atoms with Gasteiger partial charge in [0.1, 0.15) is 0 Å². The van der Waals surface area contributed by atoms with Crippen molar-refractivity contribution in [3.05, 3.63) is 108 Å². The third-order valence-corrected chi connectivity index (χ3v) is 5.57. The summed E-state index contributed by atoms with van der Waals surface area (Å²) in [4.78, 5) is 8.74. The summed E-state index contributed by atoms with van der Waals surface area (Å²) >= 11 is 0. The van der Waals surface area contributed by atoms with Gasteiger partial charge >= 0.3 is 0 Å². The SMILES string of the molecule is C=C/C(=C(/C)N=CC)c1cc(-c2cccnc2)cc2cccc(C)c12.CC1=CCCC=C1. The Morgan fingerprint density at radius 2 is 1.91 bits per heavy atom. The summed E-state index contributed by atoms with van der Waals surface area (Å²) in [7, 11) is 0. The lowest BCUT2D eigenvalue weighted by atomic mass is 9.90. The molecule has 0 amide bonds. The van der Waals surface area contributed by atoms with Crippen LogP contribution in [0.1, 0.15) is 44.7 Å². The minimum absolute atomic E-state index is 0.963. The van der Waals surface area contributed by atoms with Crippen molar-refractivity contribution in [2.45, 2.75) is 40.5 Å². The van der Waals surface area contributed by atoms with Crippen LogP contribution < -0.4 is 0 Å². The van der Waals surface area contributed by atoms with Crippen LogP contribution in [0.25, 0.3) is 27.5 Å². The highest BCUT2D eigenvalue weighted by atomic mass is 14.7. The van der Waals surface area contributed by atoms with Crippen LogP contribution in [0.4, 0.5) is 0 Å². The average molecular weight is 421 g/mol. The molecule has 2 aromatic carbocycles. The Bertz CT molecular complexity index is 1210. The number of aryl methyl sites for hydroxylation is 1. The van der Waals surface area contributed by atoms with Gasteiger partial charge < -0.3 is 0 Å². The summed E-state index contributed by atoms with van der Waals surface area (Å²) in [5.74, 6) is 0. The number of hydrogen-bond acceptors (Lipinski definition) is 2. The van der Waals surface area contributed by atoms with E-state index in [1.807, 2.05) is 38.4 Å². The molecule has 3 aromatic rings. The predicted molar refractivity (Wildman–Crippen MR) is 141 cm³/mol. The van der Waals surface area contributed by atoms with E-state index in [4.69, 9.17) is 0 Å². The number of aliphatic imine (C=N–C) groups is 1. The lowest BCUT2D eigenvalue weighted by Gasteiger charge is -2.15. The van der Waals surface area contributed by atoms with Crippen molar-refractivity contribution in [3.8, 4) is 11.1 Å². The minimum Gasteiger partial charge on any atom is -0.266 e. The van der Waals surface area contributed by atoms with Gasteiger partial charge in [-0.05, 0) is 86.2 Å². The van der Waals surface area contributed by atoms with E-state index in [2.05, 4.69) is 85.0 Å². The lowest BCUT2D eigenvalue weighted by molar-refractivity contribution is 1.02. The monoisotopic (exact) mass is 420 g/mol. The van der Waals surface area contributed by atoms with Gasteiger partial charge in [-0.25, -0.2) is 0 Å². The van der Waals surface area contributed by atoms with Gasteiger partial charge in [-0.1, -0.05) is 60.7 Å². The minimum atomic E-state index is 0.963. The normalized spacial score (nSPS) is 13.9. The highest BCUT2D eigenvalue weighted by Crippen LogP contribution is 2.35. The number of aromatic nitrogens is 1. The smallest absolute Gasteiger partial charge is 0.0446 e. The molecule has 1 aromatic heterocycles. The van der Waals surface area contributed by atoms with Crippen molar-refractivity contribution in [3.63, 3.8) is 0 Å². The second kappa shape index (κ2) is 11.2. The van der Waals surface area contributed by atoms with Crippen LogP contribution in [0.15, 0.2) is 102 Å². The fourth-order valence-corrected chi connectivity index (χ4v) is 3.99. The number of allylic oxidation sites excluding steroid dienone is 7. The molecule has 0 atom stereocenters. The molecule has 2 heteroatoms. The Balaban J connectivity index is 0.000000352. The Kier molecular flexibility index (Phi) is 8.10. The molecule has 162 valence electrons. The van der Waals surface area contributed by atoms with Crippen LogP contribution in [0.2, 0.25) is 0 Å². The van der Waals surface area contributed by atoms with Crippen LogP contribution in [0.5, 0.6) is 0 Å². The molecule has 2 nitrogen and oxygen atoms in total. The third-order valence-electron chi connectivity index (χ3n) is 5.57. The second-order valence-electron chi connectivity index (χ2n) is 7.96. The zero-order chi connectivity index (χ0) is 22.9. The zero-order valence-electron chi connectivity index (χ0n) is 19.6. The van der Waals surface area contributed by atoms with E-state index in [1.54, 1.807) is 6.20 Å². The standard InChI is InChI=1S/C23H22N2.C7H10/c1-5-21(17(4)25-6-2)22-14-20(19-11-8-12-24-15-19)13-18-10-7-9-16(3)23(18)22;1-7-5-3-2-4-6-7/h5-15H,1H2,2-4H3;3,5-6H,2,4H2,1H3/b21-17+,25-6?;. The van der Waals surface area contributed by atoms with Crippen LogP contribution in [0, 0.1) is 6.92 Å². The molecule has 0 N–H and O–H groups in total. The molecule has 0 aliphatic heterocycles. The highest BCUT2D eigenvalue weighted by Gasteiger charge is 2.12. The van der Waals surface area contributed by atoms with Gasteiger partial charge in [-0.15, -0.1) is 0 Å². The van der Waals surface area contributed by atoms with Crippen LogP contribution in [-0.4, -0.2) is 11.2 Å². The molecule has 4 rings (SSSR count). The first kappa shape index (κ1) is 23.1. The number of hydrogen-bond donors (Lipinski definition) is 0. The van der Waals surface area contributed by atoms with Crippen molar-refractivity contribution in [1.29, 1.82) is 0 Å². The van der Waals surface area contributed by atoms with Crippen LogP contribution >= 0.6 is 0 Å². The largest absolute Gasteiger partial charge is 0.266 e. The van der Waals surface area contributed by atoms with Gasteiger partial charge in [0.25, 0.3) is 0 Å². The molecule has 1 aliphatic rings. The average Bonchev–Trinajstić information content (AvgIpc) is 2.81. The van der Waals surface area contributed by atoms with Crippen molar-refractivity contribution in [2.24, 2.45) is 4.99 Å². The third kappa shape index (κ3) is 5.59. The van der Waals surface area contributed by atoms with E-state index < -0.39 is 0 Å². The summed E-state index contributed by atoms with van der Waals surface area (Å²) in [6, 6.07) is 14.9. The molecule has 0 radical (unpaired) electrons. The maximum atomic E-state index is 4.48. The molecule has 1 heterocycles. The molecular formula is C30H32N2. The number of benzene rings is 2. The number of fused-ring (bicyclic) bond motifs is 1. The molecule has 1 aliphatic carbocycles. The second-order valence-corrected chi connectivity index (χ2v) is 7.96. The van der Waals surface area contributed by atoms with Crippen molar-refractivity contribution >= 4 is 22.6 Å². The Morgan fingerprint density at radius 3 is 2.50 bits per heavy atom. The number of rotatable bonds is 4.